The Balaban J connectivity index is 1.35. The van der Waals surface area contributed by atoms with E-state index in [0.29, 0.717) is 25.3 Å². The second-order valence-corrected chi connectivity index (χ2v) is 7.27. The maximum atomic E-state index is 12.7. The van der Waals surface area contributed by atoms with Crippen molar-refractivity contribution in [3.05, 3.63) is 59.4 Å². The number of imidazole rings is 1. The van der Waals surface area contributed by atoms with Gasteiger partial charge in [0.15, 0.2) is 0 Å². The highest BCUT2D eigenvalue weighted by atomic mass is 16.5. The summed E-state index contributed by atoms with van der Waals surface area (Å²) in [6, 6.07) is 14.3. The van der Waals surface area contributed by atoms with Crippen molar-refractivity contribution in [1.29, 1.82) is 0 Å². The number of H-pyrrole nitrogens is 1. The lowest BCUT2D eigenvalue weighted by atomic mass is 9.97. The molecule has 1 N–H and O–H groups in total. The van der Waals surface area contributed by atoms with Gasteiger partial charge in [-0.1, -0.05) is 24.3 Å². The third-order valence-electron chi connectivity index (χ3n) is 5.53. The molecule has 0 bridgehead atoms. The predicted molar refractivity (Wildman–Crippen MR) is 106 cm³/mol. The molecule has 1 aliphatic rings. The van der Waals surface area contributed by atoms with E-state index in [1.807, 2.05) is 30.1 Å². The van der Waals surface area contributed by atoms with Gasteiger partial charge >= 0.3 is 0 Å². The van der Waals surface area contributed by atoms with E-state index in [1.54, 1.807) is 7.11 Å². The Kier molecular flexibility index (Phi) is 4.84. The lowest BCUT2D eigenvalue weighted by Crippen LogP contribution is -2.30. The molecule has 1 amide bonds. The molecule has 4 rings (SSSR count). The third kappa shape index (κ3) is 3.68. The lowest BCUT2D eigenvalue weighted by molar-refractivity contribution is -0.130. The van der Waals surface area contributed by atoms with E-state index in [1.165, 1.54) is 11.1 Å². The fourth-order valence-electron chi connectivity index (χ4n) is 3.91. The molecule has 140 valence electrons. The van der Waals surface area contributed by atoms with Crippen LogP contribution in [0.5, 0.6) is 5.75 Å². The van der Waals surface area contributed by atoms with Crippen LogP contribution in [0, 0.1) is 0 Å². The van der Waals surface area contributed by atoms with Crippen LogP contribution in [-0.4, -0.2) is 41.5 Å². The van der Waals surface area contributed by atoms with Crippen LogP contribution in [0.25, 0.3) is 11.0 Å². The molecule has 5 heteroatoms. The van der Waals surface area contributed by atoms with Crippen LogP contribution in [0.1, 0.15) is 35.7 Å². The highest BCUT2D eigenvalue weighted by Crippen LogP contribution is 2.35. The first-order chi connectivity index (χ1) is 13.1. The predicted octanol–water partition coefficient (Wildman–Crippen LogP) is 3.69. The monoisotopic (exact) mass is 363 g/mol. The summed E-state index contributed by atoms with van der Waals surface area (Å²) in [6.07, 6.45) is 3.45. The number of methoxy groups -OCH3 is 1. The average molecular weight is 363 g/mol. The minimum absolute atomic E-state index is 0.203. The molecule has 0 fully saturated rings. The number of nitrogens with zero attached hydrogens (tertiary/aromatic N) is 2. The number of amides is 1. The number of rotatable bonds is 6. The van der Waals surface area contributed by atoms with Crippen molar-refractivity contribution in [2.75, 3.05) is 20.7 Å². The maximum absolute atomic E-state index is 12.7. The number of likely N-dealkylation sites (N-methyl/N-ethyl adjacent to an activating group) is 1. The van der Waals surface area contributed by atoms with Crippen LogP contribution in [0.15, 0.2) is 42.5 Å². The normalized spacial score (nSPS) is 15.7. The molecule has 0 spiro atoms. The van der Waals surface area contributed by atoms with Crippen LogP contribution in [0.3, 0.4) is 0 Å². The molecule has 1 atom stereocenters. The Labute approximate surface area is 159 Å². The molecule has 1 heterocycles. The number of fused-ring (bicyclic) bond motifs is 2. The van der Waals surface area contributed by atoms with E-state index in [-0.39, 0.29) is 5.91 Å². The van der Waals surface area contributed by atoms with Gasteiger partial charge < -0.3 is 14.6 Å². The fourth-order valence-corrected chi connectivity index (χ4v) is 3.91. The van der Waals surface area contributed by atoms with Crippen molar-refractivity contribution in [3.8, 4) is 5.75 Å². The van der Waals surface area contributed by atoms with Crippen LogP contribution in [-0.2, 0) is 17.6 Å². The van der Waals surface area contributed by atoms with Gasteiger partial charge in [0.25, 0.3) is 0 Å². The summed E-state index contributed by atoms with van der Waals surface area (Å²) in [5.74, 6) is 2.26. The van der Waals surface area contributed by atoms with Gasteiger partial charge in [-0.2, -0.15) is 0 Å². The summed E-state index contributed by atoms with van der Waals surface area (Å²) in [7, 11) is 3.54. The van der Waals surface area contributed by atoms with E-state index >= 15 is 0 Å². The van der Waals surface area contributed by atoms with Gasteiger partial charge in [-0.3, -0.25) is 4.79 Å². The smallest absolute Gasteiger partial charge is 0.222 e. The lowest BCUT2D eigenvalue weighted by Gasteiger charge is -2.19. The molecular formula is C22H25N3O2. The number of nitrogens with one attached hydrogen (secondary N) is 1. The number of carbonyl (C=O) groups excluding carboxylic acids is 1. The van der Waals surface area contributed by atoms with Gasteiger partial charge in [0.05, 0.1) is 18.1 Å². The number of hydrogen-bond acceptors (Lipinski definition) is 3. The highest BCUT2D eigenvalue weighted by molar-refractivity contribution is 5.78. The number of benzene rings is 2. The molecule has 0 saturated heterocycles. The first-order valence-electron chi connectivity index (χ1n) is 9.48. The summed E-state index contributed by atoms with van der Waals surface area (Å²) in [5, 5.41) is 0. The molecule has 1 aliphatic carbocycles. The van der Waals surface area contributed by atoms with Crippen molar-refractivity contribution in [2.24, 2.45) is 0 Å². The molecule has 0 unspecified atom stereocenters. The summed E-state index contributed by atoms with van der Waals surface area (Å²) in [4.78, 5) is 22.4. The molecule has 0 aliphatic heterocycles. The third-order valence-corrected chi connectivity index (χ3v) is 5.53. The zero-order chi connectivity index (χ0) is 18.8. The van der Waals surface area contributed by atoms with Gasteiger partial charge in [-0.25, -0.2) is 4.98 Å². The molecule has 0 radical (unpaired) electrons. The Bertz CT molecular complexity index is 963. The SMILES string of the molecule is COc1ccc2nc(CCN(C)C(=O)C[C@@H]3CCc4ccccc43)[nH]c2c1. The number of aryl methyl sites for hydroxylation is 1. The molecule has 0 saturated carbocycles. The first kappa shape index (κ1) is 17.6. The van der Waals surface area contributed by atoms with Gasteiger partial charge in [0.1, 0.15) is 11.6 Å². The van der Waals surface area contributed by atoms with Crippen molar-refractivity contribution in [3.63, 3.8) is 0 Å². The topological polar surface area (TPSA) is 58.2 Å². The van der Waals surface area contributed by atoms with Crippen molar-refractivity contribution in [1.82, 2.24) is 14.9 Å². The molecule has 2 aromatic carbocycles. The largest absolute Gasteiger partial charge is 0.497 e. The van der Waals surface area contributed by atoms with Crippen molar-refractivity contribution < 1.29 is 9.53 Å². The van der Waals surface area contributed by atoms with Gasteiger partial charge in [-0.05, 0) is 42.0 Å². The zero-order valence-electron chi connectivity index (χ0n) is 15.9. The van der Waals surface area contributed by atoms with Crippen LogP contribution in [0.2, 0.25) is 0 Å². The van der Waals surface area contributed by atoms with Gasteiger partial charge in [-0.15, -0.1) is 0 Å². The van der Waals surface area contributed by atoms with E-state index in [4.69, 9.17) is 4.74 Å². The minimum Gasteiger partial charge on any atom is -0.497 e. The number of carbonyl (C=O) groups is 1. The summed E-state index contributed by atoms with van der Waals surface area (Å²) in [5.41, 5.74) is 4.63. The molecular weight excluding hydrogens is 338 g/mol. The average Bonchev–Trinajstić information content (AvgIpc) is 3.29. The zero-order valence-corrected chi connectivity index (χ0v) is 15.9. The van der Waals surface area contributed by atoms with Crippen molar-refractivity contribution >= 4 is 16.9 Å². The second-order valence-electron chi connectivity index (χ2n) is 7.27. The second kappa shape index (κ2) is 7.43. The molecule has 5 nitrogen and oxygen atoms in total. The summed E-state index contributed by atoms with van der Waals surface area (Å²) >= 11 is 0. The van der Waals surface area contributed by atoms with E-state index in [0.717, 1.165) is 35.4 Å². The first-order valence-corrected chi connectivity index (χ1v) is 9.48. The van der Waals surface area contributed by atoms with Gasteiger partial charge in [0.2, 0.25) is 5.91 Å². The Morgan fingerprint density at radius 1 is 1.30 bits per heavy atom. The van der Waals surface area contributed by atoms with Gasteiger partial charge in [0, 0.05) is 32.5 Å². The number of aromatic nitrogens is 2. The van der Waals surface area contributed by atoms with Crippen LogP contribution < -0.4 is 4.74 Å². The number of aromatic amines is 1. The van der Waals surface area contributed by atoms with E-state index in [9.17, 15) is 4.79 Å². The molecule has 3 aromatic rings. The minimum atomic E-state index is 0.203. The van der Waals surface area contributed by atoms with E-state index in [2.05, 4.69) is 34.2 Å². The summed E-state index contributed by atoms with van der Waals surface area (Å²) in [6.45, 7) is 0.657. The highest BCUT2D eigenvalue weighted by Gasteiger charge is 2.25. The standard InChI is InChI=1S/C22H25N3O2/c1-25(22(26)13-16-8-7-15-5-3-4-6-18(15)16)12-11-21-23-19-10-9-17(27-2)14-20(19)24-21/h3-6,9-10,14,16H,7-8,11-13H2,1-2H3,(H,23,24)/t16-/m0/s1. The molecule has 27 heavy (non-hydrogen) atoms. The van der Waals surface area contributed by atoms with Crippen LogP contribution >= 0.6 is 0 Å². The maximum Gasteiger partial charge on any atom is 0.222 e. The summed E-state index contributed by atoms with van der Waals surface area (Å²) < 4.78 is 5.25. The van der Waals surface area contributed by atoms with E-state index < -0.39 is 0 Å². The fraction of sp³-hybridized carbons (Fsp3) is 0.364. The number of hydrogen-bond donors (Lipinski definition) is 1. The Hall–Kier alpha value is -2.82. The Morgan fingerprint density at radius 3 is 3.00 bits per heavy atom. The Morgan fingerprint density at radius 2 is 2.15 bits per heavy atom. The number of ether oxygens (including phenoxy) is 1. The van der Waals surface area contributed by atoms with Crippen molar-refractivity contribution in [2.45, 2.75) is 31.6 Å². The van der Waals surface area contributed by atoms with Crippen LogP contribution in [0.4, 0.5) is 0 Å². The molecule has 1 aromatic heterocycles. The quantitative estimate of drug-likeness (QED) is 0.727.